The van der Waals surface area contributed by atoms with Crippen LogP contribution in [0.2, 0.25) is 5.02 Å². The molecule has 0 saturated heterocycles. The zero-order chi connectivity index (χ0) is 28.9. The first-order valence-corrected chi connectivity index (χ1v) is 13.9. The van der Waals surface area contributed by atoms with Crippen molar-refractivity contribution in [2.45, 2.75) is 51.0 Å². The summed E-state index contributed by atoms with van der Waals surface area (Å²) in [6.07, 6.45) is 3.88. The summed E-state index contributed by atoms with van der Waals surface area (Å²) in [5.41, 5.74) is 8.14. The molecule has 0 unspecified atom stereocenters. The van der Waals surface area contributed by atoms with Gasteiger partial charge in [0.15, 0.2) is 11.5 Å². The normalized spacial score (nSPS) is 14.3. The van der Waals surface area contributed by atoms with Gasteiger partial charge >= 0.3 is 5.97 Å². The summed E-state index contributed by atoms with van der Waals surface area (Å²) in [5, 5.41) is 13.2. The third-order valence-corrected chi connectivity index (χ3v) is 7.53. The maximum absolute atomic E-state index is 13.5. The molecule has 1 fully saturated rings. The van der Waals surface area contributed by atoms with Gasteiger partial charge in [0.25, 0.3) is 5.91 Å². The van der Waals surface area contributed by atoms with Crippen molar-refractivity contribution in [3.05, 3.63) is 58.7 Å². The average molecular weight is 603 g/mol. The van der Waals surface area contributed by atoms with Crippen molar-refractivity contribution < 1.29 is 19.4 Å². The highest BCUT2D eigenvalue weighted by Crippen LogP contribution is 2.37. The van der Waals surface area contributed by atoms with Crippen LogP contribution in [-0.2, 0) is 4.79 Å². The molecule has 220 valence electrons. The molecule has 1 heterocycles. The van der Waals surface area contributed by atoms with E-state index in [1.807, 2.05) is 45.3 Å². The molecular formula is C30H37Cl2N5O4. The zero-order valence-corrected chi connectivity index (χ0v) is 25.1. The van der Waals surface area contributed by atoms with Crippen molar-refractivity contribution >= 4 is 41.7 Å². The van der Waals surface area contributed by atoms with Crippen LogP contribution in [0.15, 0.2) is 42.5 Å². The zero-order valence-electron chi connectivity index (χ0n) is 23.6. The van der Waals surface area contributed by atoms with Crippen molar-refractivity contribution in [1.82, 2.24) is 20.2 Å². The summed E-state index contributed by atoms with van der Waals surface area (Å²) in [4.78, 5) is 37.1. The van der Waals surface area contributed by atoms with Gasteiger partial charge in [0.05, 0.1) is 23.0 Å². The van der Waals surface area contributed by atoms with Crippen LogP contribution in [0.4, 0.5) is 5.82 Å². The van der Waals surface area contributed by atoms with Gasteiger partial charge in [-0.05, 0) is 58.0 Å². The number of nitrogens with two attached hydrogens (primary N) is 1. The van der Waals surface area contributed by atoms with Crippen molar-refractivity contribution in [3.63, 3.8) is 0 Å². The van der Waals surface area contributed by atoms with E-state index in [1.165, 1.54) is 0 Å². The highest BCUT2D eigenvalue weighted by atomic mass is 35.5. The Morgan fingerprint density at radius 3 is 2.46 bits per heavy atom. The topological polar surface area (TPSA) is 131 Å². The second kappa shape index (κ2) is 14.0. The van der Waals surface area contributed by atoms with Gasteiger partial charge in [0, 0.05) is 17.7 Å². The Balaban J connectivity index is 0.00000462. The van der Waals surface area contributed by atoms with Crippen molar-refractivity contribution in [1.29, 1.82) is 0 Å². The van der Waals surface area contributed by atoms with E-state index in [4.69, 9.17) is 27.1 Å². The summed E-state index contributed by atoms with van der Waals surface area (Å²) < 4.78 is 5.98. The lowest BCUT2D eigenvalue weighted by Gasteiger charge is -2.33. The minimum atomic E-state index is -1.36. The lowest BCUT2D eigenvalue weighted by atomic mass is 9.81. The number of rotatable bonds is 10. The number of aliphatic carboxylic acids is 1. The number of aromatic nitrogens is 2. The first-order chi connectivity index (χ1) is 19.1. The molecule has 0 bridgehead atoms. The van der Waals surface area contributed by atoms with E-state index in [0.717, 1.165) is 30.5 Å². The molecule has 1 saturated carbocycles. The second-order valence-electron chi connectivity index (χ2n) is 10.5. The van der Waals surface area contributed by atoms with Crippen LogP contribution < -0.4 is 15.8 Å². The number of nitrogens with zero attached hydrogens (tertiary/aromatic N) is 3. The number of benzene rings is 2. The Labute approximate surface area is 251 Å². The molecule has 1 aromatic heterocycles. The number of amides is 1. The lowest BCUT2D eigenvalue weighted by molar-refractivity contribution is -0.145. The highest BCUT2D eigenvalue weighted by Gasteiger charge is 2.41. The molecule has 9 nitrogen and oxygen atoms in total. The Hall–Kier alpha value is -3.40. The average Bonchev–Trinajstić information content (AvgIpc) is 2.92. The molecule has 0 spiro atoms. The number of hydrogen-bond acceptors (Lipinski definition) is 7. The number of nitrogens with one attached hydrogen (secondary N) is 1. The second-order valence-corrected chi connectivity index (χ2v) is 10.9. The molecule has 0 radical (unpaired) electrons. The van der Waals surface area contributed by atoms with Crippen LogP contribution in [0.1, 0.15) is 54.6 Å². The summed E-state index contributed by atoms with van der Waals surface area (Å²) in [6, 6.07) is 13.0. The summed E-state index contributed by atoms with van der Waals surface area (Å²) in [5.74, 6) is -1.31. The molecule has 0 atom stereocenters. The van der Waals surface area contributed by atoms with Gasteiger partial charge in [-0.2, -0.15) is 0 Å². The number of carboxylic acids is 1. The highest BCUT2D eigenvalue weighted by molar-refractivity contribution is 6.32. The third kappa shape index (κ3) is 7.47. The number of anilines is 1. The summed E-state index contributed by atoms with van der Waals surface area (Å²) >= 11 is 6.46. The predicted molar refractivity (Wildman–Crippen MR) is 164 cm³/mol. The molecule has 3 aromatic rings. The van der Waals surface area contributed by atoms with Gasteiger partial charge in [-0.15, -0.1) is 12.4 Å². The van der Waals surface area contributed by atoms with E-state index in [9.17, 15) is 14.7 Å². The van der Waals surface area contributed by atoms with Gasteiger partial charge in [-0.25, -0.2) is 14.8 Å². The number of nitrogen functional groups attached to an aromatic ring is 1. The maximum atomic E-state index is 13.5. The van der Waals surface area contributed by atoms with E-state index in [1.54, 1.807) is 18.2 Å². The quantitative estimate of drug-likeness (QED) is 0.255. The number of carbonyl (C=O) groups is 2. The summed E-state index contributed by atoms with van der Waals surface area (Å²) in [7, 11) is 4.00. The van der Waals surface area contributed by atoms with Crippen LogP contribution in [0.5, 0.6) is 5.75 Å². The van der Waals surface area contributed by atoms with Crippen molar-refractivity contribution in [2.75, 3.05) is 33.0 Å². The molecule has 2 aromatic carbocycles. The number of hydrogen-bond donors (Lipinski definition) is 3. The number of aryl methyl sites for hydroxylation is 1. The Morgan fingerprint density at radius 2 is 1.80 bits per heavy atom. The number of carbonyl (C=O) groups excluding carboxylic acids is 1. The fourth-order valence-corrected chi connectivity index (χ4v) is 5.16. The smallest absolute Gasteiger partial charge is 0.329 e. The van der Waals surface area contributed by atoms with Gasteiger partial charge in [0.1, 0.15) is 11.3 Å². The van der Waals surface area contributed by atoms with E-state index in [0.29, 0.717) is 60.0 Å². The molecule has 41 heavy (non-hydrogen) atoms. The van der Waals surface area contributed by atoms with Gasteiger partial charge in [-0.1, -0.05) is 61.2 Å². The molecule has 1 aliphatic carbocycles. The van der Waals surface area contributed by atoms with Crippen LogP contribution in [-0.4, -0.2) is 64.6 Å². The largest absolute Gasteiger partial charge is 0.492 e. The predicted octanol–water partition coefficient (Wildman–Crippen LogP) is 5.62. The molecule has 1 aliphatic rings. The molecular weight excluding hydrogens is 565 g/mol. The van der Waals surface area contributed by atoms with E-state index in [2.05, 4.69) is 15.2 Å². The fourth-order valence-electron chi connectivity index (χ4n) is 4.99. The third-order valence-electron chi connectivity index (χ3n) is 7.22. The maximum Gasteiger partial charge on any atom is 0.329 e. The molecule has 1 amide bonds. The Morgan fingerprint density at radius 1 is 1.10 bits per heavy atom. The number of ether oxygens (including phenoxy) is 1. The molecule has 4 rings (SSSR count). The van der Waals surface area contributed by atoms with Gasteiger partial charge in [-0.3, -0.25) is 4.79 Å². The van der Waals surface area contributed by atoms with Gasteiger partial charge < -0.3 is 25.8 Å². The minimum absolute atomic E-state index is 0. The monoisotopic (exact) mass is 601 g/mol. The van der Waals surface area contributed by atoms with Gasteiger partial charge in [0.2, 0.25) is 0 Å². The van der Waals surface area contributed by atoms with E-state index < -0.39 is 17.4 Å². The number of halogens is 2. The van der Waals surface area contributed by atoms with E-state index in [-0.39, 0.29) is 23.9 Å². The van der Waals surface area contributed by atoms with Crippen LogP contribution in [0, 0.1) is 6.92 Å². The first-order valence-electron chi connectivity index (χ1n) is 13.5. The van der Waals surface area contributed by atoms with Crippen LogP contribution >= 0.6 is 24.0 Å². The standard InChI is InChI=1S/C30H36ClN5O4.ClH/c1-19-10-5-6-11-21(19)25-24(20-12-13-22(31)23(18-20)40-17-9-16-36(2)3)33-26(27(32)34-25)28(37)35-30(29(38)39)14-7-4-8-15-30;/h5-6,10-13,18H,4,7-9,14-17H2,1-3H3,(H2,32,34)(H,35,37)(H,38,39);1H. The van der Waals surface area contributed by atoms with Crippen LogP contribution in [0.3, 0.4) is 0 Å². The van der Waals surface area contributed by atoms with Crippen molar-refractivity contribution in [2.24, 2.45) is 0 Å². The van der Waals surface area contributed by atoms with Crippen LogP contribution in [0.25, 0.3) is 22.5 Å². The Kier molecular flexibility index (Phi) is 11.0. The minimum Gasteiger partial charge on any atom is -0.492 e. The molecule has 0 aliphatic heterocycles. The molecule has 11 heteroatoms. The molecule has 4 N–H and O–H groups in total. The first kappa shape index (κ1) is 32.1. The number of carboxylic acid groups (broad SMARTS) is 1. The van der Waals surface area contributed by atoms with Crippen molar-refractivity contribution in [3.8, 4) is 28.3 Å². The fraction of sp³-hybridized carbons (Fsp3) is 0.400. The SMILES string of the molecule is Cc1ccccc1-c1nc(N)c(C(=O)NC2(C(=O)O)CCCCC2)nc1-c1ccc(Cl)c(OCCCN(C)C)c1.Cl. The Bertz CT molecular complexity index is 1390. The lowest BCUT2D eigenvalue weighted by Crippen LogP contribution is -2.55. The summed E-state index contributed by atoms with van der Waals surface area (Å²) in [6.45, 7) is 3.30. The van der Waals surface area contributed by atoms with E-state index >= 15 is 0 Å².